The Balaban J connectivity index is 1.95. The molecule has 6 nitrogen and oxygen atoms in total. The minimum absolute atomic E-state index is 0.0325. The summed E-state index contributed by atoms with van der Waals surface area (Å²) in [4.78, 5) is 14.5. The Labute approximate surface area is 131 Å². The molecule has 2 rings (SSSR count). The predicted octanol–water partition coefficient (Wildman–Crippen LogP) is 0.766. The van der Waals surface area contributed by atoms with Gasteiger partial charge in [-0.15, -0.1) is 0 Å². The van der Waals surface area contributed by atoms with Gasteiger partial charge in [-0.3, -0.25) is 9.69 Å². The number of carbonyl (C=O) groups is 1. The summed E-state index contributed by atoms with van der Waals surface area (Å²) in [5, 5.41) is 15.4. The highest BCUT2D eigenvalue weighted by Gasteiger charge is 2.28. The highest BCUT2D eigenvalue weighted by Crippen LogP contribution is 2.22. The van der Waals surface area contributed by atoms with Crippen LogP contribution in [0.3, 0.4) is 0 Å². The van der Waals surface area contributed by atoms with E-state index in [1.807, 2.05) is 31.0 Å². The van der Waals surface area contributed by atoms with Crippen molar-refractivity contribution in [2.24, 2.45) is 5.92 Å². The largest absolute Gasteiger partial charge is 0.398 e. The number of aryl methyl sites for hydroxylation is 1. The normalized spacial score (nSPS) is 21.8. The van der Waals surface area contributed by atoms with Crippen LogP contribution in [0.5, 0.6) is 0 Å². The zero-order chi connectivity index (χ0) is 16.1. The molecule has 122 valence electrons. The van der Waals surface area contributed by atoms with E-state index in [1.54, 1.807) is 6.07 Å². The Morgan fingerprint density at radius 2 is 2.32 bits per heavy atom. The lowest BCUT2D eigenvalue weighted by Crippen LogP contribution is -2.51. The number of nitrogens with two attached hydrogens (primary N) is 1. The summed E-state index contributed by atoms with van der Waals surface area (Å²) in [6.45, 7) is 3.46. The maximum Gasteiger partial charge on any atom is 0.227 e. The van der Waals surface area contributed by atoms with Crippen LogP contribution in [0.2, 0.25) is 0 Å². The summed E-state index contributed by atoms with van der Waals surface area (Å²) in [5.74, 6) is 0.00192. The summed E-state index contributed by atoms with van der Waals surface area (Å²) in [6.07, 6.45) is 1.68. The van der Waals surface area contributed by atoms with Gasteiger partial charge in [0.1, 0.15) is 0 Å². The van der Waals surface area contributed by atoms with Gasteiger partial charge in [0.05, 0.1) is 12.8 Å². The van der Waals surface area contributed by atoms with Crippen molar-refractivity contribution in [3.05, 3.63) is 23.8 Å². The van der Waals surface area contributed by atoms with Crippen molar-refractivity contribution in [3.63, 3.8) is 0 Å². The molecule has 0 aliphatic carbocycles. The van der Waals surface area contributed by atoms with Crippen molar-refractivity contribution in [3.8, 4) is 0 Å². The van der Waals surface area contributed by atoms with Gasteiger partial charge in [-0.2, -0.15) is 0 Å². The molecule has 1 amide bonds. The average Bonchev–Trinajstić information content (AvgIpc) is 2.51. The third-order valence-corrected chi connectivity index (χ3v) is 4.28. The fourth-order valence-electron chi connectivity index (χ4n) is 2.74. The molecular formula is C16H26N4O2. The van der Waals surface area contributed by atoms with Gasteiger partial charge in [0.15, 0.2) is 0 Å². The van der Waals surface area contributed by atoms with Crippen LogP contribution in [-0.2, 0) is 4.79 Å². The van der Waals surface area contributed by atoms with E-state index in [9.17, 15) is 4.79 Å². The molecule has 0 aromatic heterocycles. The summed E-state index contributed by atoms with van der Waals surface area (Å²) in [5.41, 5.74) is 8.31. The number of anilines is 2. The zero-order valence-electron chi connectivity index (χ0n) is 13.3. The van der Waals surface area contributed by atoms with E-state index in [1.165, 1.54) is 0 Å². The minimum Gasteiger partial charge on any atom is -0.398 e. The molecule has 1 fully saturated rings. The molecule has 1 heterocycles. The number of piperidine rings is 1. The number of hydrogen-bond acceptors (Lipinski definition) is 5. The lowest BCUT2D eigenvalue weighted by Gasteiger charge is -2.35. The number of nitrogens with zero attached hydrogens (tertiary/aromatic N) is 1. The van der Waals surface area contributed by atoms with E-state index < -0.39 is 0 Å². The Morgan fingerprint density at radius 3 is 3.00 bits per heavy atom. The zero-order valence-corrected chi connectivity index (χ0v) is 13.3. The molecule has 2 atom stereocenters. The van der Waals surface area contributed by atoms with Crippen LogP contribution in [0.15, 0.2) is 18.2 Å². The maximum atomic E-state index is 12.4. The first-order chi connectivity index (χ1) is 10.5. The van der Waals surface area contributed by atoms with E-state index in [4.69, 9.17) is 10.8 Å². The van der Waals surface area contributed by atoms with E-state index in [-0.39, 0.29) is 24.6 Å². The average molecular weight is 306 g/mol. The van der Waals surface area contributed by atoms with Gasteiger partial charge >= 0.3 is 0 Å². The molecule has 2 unspecified atom stereocenters. The first-order valence-corrected chi connectivity index (χ1v) is 7.72. The third kappa shape index (κ3) is 4.19. The Hall–Kier alpha value is -1.63. The first kappa shape index (κ1) is 16.7. The molecule has 0 spiro atoms. The lowest BCUT2D eigenvalue weighted by molar-refractivity contribution is -0.121. The number of amides is 1. The maximum absolute atomic E-state index is 12.4. The van der Waals surface area contributed by atoms with Crippen LogP contribution in [0.25, 0.3) is 0 Å². The highest BCUT2D eigenvalue weighted by atomic mass is 16.3. The molecule has 1 saturated heterocycles. The molecule has 22 heavy (non-hydrogen) atoms. The second kappa shape index (κ2) is 7.58. The molecule has 0 radical (unpaired) electrons. The molecule has 1 aromatic carbocycles. The van der Waals surface area contributed by atoms with Crippen molar-refractivity contribution in [2.75, 3.05) is 37.8 Å². The van der Waals surface area contributed by atoms with Crippen LogP contribution < -0.4 is 16.4 Å². The van der Waals surface area contributed by atoms with Crippen molar-refractivity contribution in [2.45, 2.75) is 25.9 Å². The number of nitrogen functional groups attached to an aromatic ring is 1. The number of aliphatic hydroxyl groups excluding tert-OH is 1. The quantitative estimate of drug-likeness (QED) is 0.603. The van der Waals surface area contributed by atoms with Gasteiger partial charge in [0, 0.05) is 23.8 Å². The molecule has 6 heteroatoms. The van der Waals surface area contributed by atoms with Gasteiger partial charge in [-0.25, -0.2) is 0 Å². The van der Waals surface area contributed by atoms with Gasteiger partial charge in [-0.05, 0) is 51.1 Å². The van der Waals surface area contributed by atoms with Gasteiger partial charge in [-0.1, -0.05) is 6.07 Å². The Morgan fingerprint density at radius 1 is 1.55 bits per heavy atom. The van der Waals surface area contributed by atoms with Crippen molar-refractivity contribution in [1.82, 2.24) is 10.2 Å². The smallest absolute Gasteiger partial charge is 0.227 e. The van der Waals surface area contributed by atoms with Crippen LogP contribution in [0.1, 0.15) is 18.4 Å². The summed E-state index contributed by atoms with van der Waals surface area (Å²) < 4.78 is 0. The summed E-state index contributed by atoms with van der Waals surface area (Å²) in [7, 11) is 1.95. The molecule has 1 aliphatic rings. The minimum atomic E-state index is -0.0325. The molecular weight excluding hydrogens is 280 g/mol. The number of nitrogens with one attached hydrogen (secondary N) is 2. The van der Waals surface area contributed by atoms with E-state index in [0.717, 1.165) is 30.6 Å². The highest BCUT2D eigenvalue weighted by molar-refractivity contribution is 5.93. The lowest BCUT2D eigenvalue weighted by atomic mass is 9.94. The number of aliphatic hydroxyl groups is 1. The molecule has 5 N–H and O–H groups in total. The molecule has 1 aliphatic heterocycles. The Kier molecular flexibility index (Phi) is 5.76. The first-order valence-electron chi connectivity index (χ1n) is 7.72. The van der Waals surface area contributed by atoms with E-state index in [0.29, 0.717) is 12.2 Å². The van der Waals surface area contributed by atoms with Crippen LogP contribution in [-0.4, -0.2) is 48.8 Å². The van der Waals surface area contributed by atoms with Crippen LogP contribution in [0.4, 0.5) is 11.4 Å². The predicted molar refractivity (Wildman–Crippen MR) is 88.5 cm³/mol. The number of likely N-dealkylation sites (N-methyl/N-ethyl adjacent to an activating group) is 1. The fraction of sp³-hybridized carbons (Fsp3) is 0.562. The van der Waals surface area contributed by atoms with Gasteiger partial charge < -0.3 is 21.5 Å². The standard InChI is InChI=1S/C16H26N4O2/c1-11-3-4-13(10-14(11)17)19-16(22)12-5-6-18-15(9-12)20(2)7-8-21/h3-4,10,12,15,18,21H,5-9,17H2,1-2H3,(H,19,22). The van der Waals surface area contributed by atoms with Crippen molar-refractivity contribution in [1.29, 1.82) is 0 Å². The van der Waals surface area contributed by atoms with Crippen molar-refractivity contribution < 1.29 is 9.90 Å². The van der Waals surface area contributed by atoms with E-state index in [2.05, 4.69) is 10.6 Å². The van der Waals surface area contributed by atoms with Gasteiger partial charge in [0.25, 0.3) is 0 Å². The third-order valence-electron chi connectivity index (χ3n) is 4.28. The van der Waals surface area contributed by atoms with E-state index >= 15 is 0 Å². The topological polar surface area (TPSA) is 90.6 Å². The summed E-state index contributed by atoms with van der Waals surface area (Å²) in [6, 6.07) is 5.58. The second-order valence-electron chi connectivity index (χ2n) is 5.96. The summed E-state index contributed by atoms with van der Waals surface area (Å²) >= 11 is 0. The second-order valence-corrected chi connectivity index (χ2v) is 5.96. The fourth-order valence-corrected chi connectivity index (χ4v) is 2.74. The van der Waals surface area contributed by atoms with Crippen LogP contribution >= 0.6 is 0 Å². The molecule has 0 saturated carbocycles. The molecule has 1 aromatic rings. The number of hydrogen-bond donors (Lipinski definition) is 4. The number of benzene rings is 1. The van der Waals surface area contributed by atoms with Gasteiger partial charge in [0.2, 0.25) is 5.91 Å². The Bertz CT molecular complexity index is 521. The number of carbonyl (C=O) groups excluding carboxylic acids is 1. The SMILES string of the molecule is Cc1ccc(NC(=O)C2CCNC(N(C)CCO)C2)cc1N. The monoisotopic (exact) mass is 306 g/mol. The number of rotatable bonds is 5. The van der Waals surface area contributed by atoms with Crippen molar-refractivity contribution >= 4 is 17.3 Å². The molecule has 0 bridgehead atoms. The van der Waals surface area contributed by atoms with Crippen LogP contribution in [0, 0.1) is 12.8 Å².